The number of rotatable bonds is 7. The van der Waals surface area contributed by atoms with Crippen LogP contribution in [0.25, 0.3) is 0 Å². The van der Waals surface area contributed by atoms with Crippen LogP contribution in [0.1, 0.15) is 22.8 Å². The maximum atomic E-state index is 12.3. The molecule has 2 aromatic carbocycles. The molecule has 0 bridgehead atoms. The molecule has 0 radical (unpaired) electrons. The van der Waals surface area contributed by atoms with E-state index in [1.165, 1.54) is 5.56 Å². The number of piperazine rings is 1. The van der Waals surface area contributed by atoms with Crippen molar-refractivity contribution in [3.63, 3.8) is 0 Å². The van der Waals surface area contributed by atoms with Crippen LogP contribution in [-0.4, -0.2) is 61.0 Å². The fourth-order valence-corrected chi connectivity index (χ4v) is 3.39. The quantitative estimate of drug-likeness (QED) is 0.703. The van der Waals surface area contributed by atoms with Crippen LogP contribution in [0.3, 0.4) is 0 Å². The Kier molecular flexibility index (Phi) is 7.63. The van der Waals surface area contributed by atoms with Gasteiger partial charge in [0.05, 0.1) is 18.7 Å². The fourth-order valence-electron chi connectivity index (χ4n) is 3.26. The number of hydrogen-bond acceptors (Lipinski definition) is 5. The predicted octanol–water partition coefficient (Wildman–Crippen LogP) is 3.27. The van der Waals surface area contributed by atoms with E-state index in [0.29, 0.717) is 24.4 Å². The molecule has 0 saturated carbocycles. The van der Waals surface area contributed by atoms with Gasteiger partial charge in [0, 0.05) is 43.4 Å². The van der Waals surface area contributed by atoms with Crippen LogP contribution in [0.2, 0.25) is 5.02 Å². The van der Waals surface area contributed by atoms with Gasteiger partial charge in [-0.15, -0.1) is 0 Å². The Balaban J connectivity index is 1.41. The number of hydrogen-bond donors (Lipinski definition) is 1. The summed E-state index contributed by atoms with van der Waals surface area (Å²) >= 11 is 5.94. The molecule has 0 atom stereocenters. The second kappa shape index (κ2) is 10.4. The van der Waals surface area contributed by atoms with Gasteiger partial charge >= 0.3 is 5.97 Å². The third-order valence-electron chi connectivity index (χ3n) is 4.83. The number of halogens is 1. The molecule has 154 valence electrons. The monoisotopic (exact) mass is 415 g/mol. The molecule has 0 aromatic heterocycles. The molecule has 2 aromatic rings. The number of nitrogens with one attached hydrogen (secondary N) is 1. The lowest BCUT2D eigenvalue weighted by molar-refractivity contribution is -0.117. The zero-order chi connectivity index (χ0) is 20.6. The highest BCUT2D eigenvalue weighted by atomic mass is 35.5. The molecule has 0 spiro atoms. The lowest BCUT2D eigenvalue weighted by Gasteiger charge is -2.34. The van der Waals surface area contributed by atoms with Gasteiger partial charge in [0.1, 0.15) is 0 Å². The first-order chi connectivity index (χ1) is 14.0. The van der Waals surface area contributed by atoms with Gasteiger partial charge in [-0.3, -0.25) is 14.6 Å². The summed E-state index contributed by atoms with van der Waals surface area (Å²) in [6, 6.07) is 14.7. The summed E-state index contributed by atoms with van der Waals surface area (Å²) in [5.74, 6) is -0.415. The molecule has 3 rings (SSSR count). The first kappa shape index (κ1) is 21.3. The summed E-state index contributed by atoms with van der Waals surface area (Å²) in [6.45, 7) is 6.90. The molecule has 1 aliphatic heterocycles. The van der Waals surface area contributed by atoms with Crippen LogP contribution in [0.5, 0.6) is 0 Å². The molecule has 1 fully saturated rings. The molecule has 1 heterocycles. The predicted molar refractivity (Wildman–Crippen MR) is 114 cm³/mol. The Morgan fingerprint density at radius 1 is 0.966 bits per heavy atom. The molecule has 0 unspecified atom stereocenters. The molecule has 1 aliphatic rings. The van der Waals surface area contributed by atoms with Crippen molar-refractivity contribution in [1.29, 1.82) is 0 Å². The van der Waals surface area contributed by atoms with E-state index in [4.69, 9.17) is 16.3 Å². The number of amides is 1. The molecule has 1 saturated heterocycles. The molecule has 0 aliphatic carbocycles. The summed E-state index contributed by atoms with van der Waals surface area (Å²) in [7, 11) is 0. The minimum atomic E-state index is -0.359. The molecule has 6 nitrogen and oxygen atoms in total. The summed E-state index contributed by atoms with van der Waals surface area (Å²) < 4.78 is 4.96. The Morgan fingerprint density at radius 2 is 1.59 bits per heavy atom. The molecule has 29 heavy (non-hydrogen) atoms. The molecule has 1 N–H and O–H groups in total. The van der Waals surface area contributed by atoms with Crippen molar-refractivity contribution in [1.82, 2.24) is 9.80 Å². The van der Waals surface area contributed by atoms with E-state index < -0.39 is 0 Å². The van der Waals surface area contributed by atoms with Gasteiger partial charge in [0.15, 0.2) is 0 Å². The average molecular weight is 416 g/mol. The molecule has 1 amide bonds. The van der Waals surface area contributed by atoms with Crippen molar-refractivity contribution in [2.45, 2.75) is 13.5 Å². The van der Waals surface area contributed by atoms with E-state index in [9.17, 15) is 9.59 Å². The number of benzene rings is 2. The Bertz CT molecular complexity index is 816. The first-order valence-electron chi connectivity index (χ1n) is 9.79. The number of nitrogens with zero attached hydrogens (tertiary/aromatic N) is 2. The van der Waals surface area contributed by atoms with Crippen molar-refractivity contribution in [3.05, 3.63) is 64.7 Å². The van der Waals surface area contributed by atoms with E-state index in [0.717, 1.165) is 37.7 Å². The number of carbonyl (C=O) groups is 2. The van der Waals surface area contributed by atoms with E-state index in [1.54, 1.807) is 31.2 Å². The third-order valence-corrected chi connectivity index (χ3v) is 5.08. The van der Waals surface area contributed by atoms with Gasteiger partial charge < -0.3 is 10.1 Å². The van der Waals surface area contributed by atoms with Crippen LogP contribution in [0.15, 0.2) is 48.5 Å². The standard InChI is InChI=1S/C22H26ClN3O3/c1-2-29-22(28)18-5-9-20(10-6-18)24-21(27)16-26-13-11-25(12-14-26)15-17-3-7-19(23)8-4-17/h3-10H,2,11-16H2,1H3,(H,24,27). The van der Waals surface area contributed by atoms with Crippen molar-refractivity contribution in [2.24, 2.45) is 0 Å². The van der Waals surface area contributed by atoms with Gasteiger partial charge in [0.25, 0.3) is 0 Å². The highest BCUT2D eigenvalue weighted by Gasteiger charge is 2.19. The van der Waals surface area contributed by atoms with Crippen LogP contribution in [0, 0.1) is 0 Å². The smallest absolute Gasteiger partial charge is 0.338 e. The van der Waals surface area contributed by atoms with Crippen molar-refractivity contribution in [2.75, 3.05) is 44.6 Å². The highest BCUT2D eigenvalue weighted by molar-refractivity contribution is 6.30. The number of ether oxygens (including phenoxy) is 1. The number of carbonyl (C=O) groups excluding carboxylic acids is 2. The summed E-state index contributed by atoms with van der Waals surface area (Å²) in [4.78, 5) is 28.5. The minimum absolute atomic E-state index is 0.0555. The van der Waals surface area contributed by atoms with Crippen LogP contribution in [-0.2, 0) is 16.1 Å². The largest absolute Gasteiger partial charge is 0.462 e. The van der Waals surface area contributed by atoms with Gasteiger partial charge in [-0.25, -0.2) is 4.79 Å². The summed E-state index contributed by atoms with van der Waals surface area (Å²) in [5, 5.41) is 3.63. The van der Waals surface area contributed by atoms with E-state index in [2.05, 4.69) is 27.2 Å². The number of anilines is 1. The normalized spacial score (nSPS) is 15.1. The fraction of sp³-hybridized carbons (Fsp3) is 0.364. The maximum absolute atomic E-state index is 12.3. The summed E-state index contributed by atoms with van der Waals surface area (Å²) in [6.07, 6.45) is 0. The van der Waals surface area contributed by atoms with Crippen LogP contribution >= 0.6 is 11.6 Å². The molecular formula is C22H26ClN3O3. The van der Waals surface area contributed by atoms with E-state index in [1.807, 2.05) is 12.1 Å². The minimum Gasteiger partial charge on any atom is -0.462 e. The van der Waals surface area contributed by atoms with Crippen molar-refractivity contribution >= 4 is 29.2 Å². The van der Waals surface area contributed by atoms with Gasteiger partial charge in [-0.2, -0.15) is 0 Å². The lowest BCUT2D eigenvalue weighted by atomic mass is 10.2. The molecule has 7 heteroatoms. The van der Waals surface area contributed by atoms with Gasteiger partial charge in [-0.05, 0) is 48.9 Å². The van der Waals surface area contributed by atoms with Gasteiger partial charge in [0.2, 0.25) is 5.91 Å². The van der Waals surface area contributed by atoms with Crippen LogP contribution < -0.4 is 5.32 Å². The zero-order valence-corrected chi connectivity index (χ0v) is 17.3. The second-order valence-corrected chi connectivity index (χ2v) is 7.46. The lowest BCUT2D eigenvalue weighted by Crippen LogP contribution is -2.48. The number of esters is 1. The van der Waals surface area contributed by atoms with Crippen LogP contribution in [0.4, 0.5) is 5.69 Å². The second-order valence-electron chi connectivity index (χ2n) is 7.02. The van der Waals surface area contributed by atoms with E-state index >= 15 is 0 Å². The summed E-state index contributed by atoms with van der Waals surface area (Å²) in [5.41, 5.74) is 2.39. The zero-order valence-electron chi connectivity index (χ0n) is 16.6. The topological polar surface area (TPSA) is 61.9 Å². The highest BCUT2D eigenvalue weighted by Crippen LogP contribution is 2.14. The van der Waals surface area contributed by atoms with Crippen molar-refractivity contribution < 1.29 is 14.3 Å². The average Bonchev–Trinajstić information content (AvgIpc) is 2.72. The van der Waals surface area contributed by atoms with Gasteiger partial charge in [-0.1, -0.05) is 23.7 Å². The SMILES string of the molecule is CCOC(=O)c1ccc(NC(=O)CN2CCN(Cc3ccc(Cl)cc3)CC2)cc1. The van der Waals surface area contributed by atoms with Crippen molar-refractivity contribution in [3.8, 4) is 0 Å². The van der Waals surface area contributed by atoms with E-state index in [-0.39, 0.29) is 11.9 Å². The Hall–Kier alpha value is -2.41. The Labute approximate surface area is 176 Å². The first-order valence-corrected chi connectivity index (χ1v) is 10.2. The molecular weight excluding hydrogens is 390 g/mol. The third kappa shape index (κ3) is 6.56. The Morgan fingerprint density at radius 3 is 2.21 bits per heavy atom. The maximum Gasteiger partial charge on any atom is 0.338 e.